The fourth-order valence-corrected chi connectivity index (χ4v) is 2.89. The molecule has 0 aromatic heterocycles. The summed E-state index contributed by atoms with van der Waals surface area (Å²) in [5, 5.41) is 0.568. The predicted octanol–water partition coefficient (Wildman–Crippen LogP) is 3.84. The van der Waals surface area contributed by atoms with Crippen LogP contribution in [0.3, 0.4) is 0 Å². The van der Waals surface area contributed by atoms with Gasteiger partial charge in [-0.25, -0.2) is 0 Å². The summed E-state index contributed by atoms with van der Waals surface area (Å²) in [6.45, 7) is 1.66. The van der Waals surface area contributed by atoms with Crippen LogP contribution < -0.4 is 4.74 Å². The Morgan fingerprint density at radius 3 is 2.13 bits per heavy atom. The summed E-state index contributed by atoms with van der Waals surface area (Å²) in [5.74, 6) is 0.289. The Morgan fingerprint density at radius 1 is 0.957 bits per heavy atom. The fourth-order valence-electron chi connectivity index (χ4n) is 2.76. The van der Waals surface area contributed by atoms with Crippen molar-refractivity contribution < 1.29 is 14.3 Å². The zero-order valence-corrected chi connectivity index (χ0v) is 13.6. The lowest BCUT2D eigenvalue weighted by atomic mass is 9.77. The first-order chi connectivity index (χ1) is 11.0. The third-order valence-electron chi connectivity index (χ3n) is 4.29. The van der Waals surface area contributed by atoms with Crippen LogP contribution in [0.1, 0.15) is 18.1 Å². The zero-order chi connectivity index (χ0) is 16.6. The summed E-state index contributed by atoms with van der Waals surface area (Å²) in [6.07, 6.45) is 1.43. The average Bonchev–Trinajstić information content (AvgIpc) is 2.80. The van der Waals surface area contributed by atoms with Gasteiger partial charge in [0.15, 0.2) is 11.6 Å². The normalized spacial score (nSPS) is 20.6. The van der Waals surface area contributed by atoms with Gasteiger partial charge >= 0.3 is 0 Å². The number of methoxy groups -OCH3 is 1. The zero-order valence-electron chi connectivity index (χ0n) is 12.8. The van der Waals surface area contributed by atoms with E-state index in [0.29, 0.717) is 27.5 Å². The van der Waals surface area contributed by atoms with E-state index < -0.39 is 5.41 Å². The SMILES string of the molecule is COc1ccc(C2=CC(=O)[C@](C)(c3ccc(Cl)cc3)C2=O)cc1. The highest BCUT2D eigenvalue weighted by molar-refractivity contribution is 6.42. The van der Waals surface area contributed by atoms with E-state index in [1.165, 1.54) is 6.08 Å². The van der Waals surface area contributed by atoms with Crippen LogP contribution in [0.15, 0.2) is 54.6 Å². The highest BCUT2D eigenvalue weighted by atomic mass is 35.5. The van der Waals surface area contributed by atoms with Gasteiger partial charge in [-0.2, -0.15) is 0 Å². The lowest BCUT2D eigenvalue weighted by molar-refractivity contribution is -0.127. The molecule has 0 aliphatic heterocycles. The first-order valence-corrected chi connectivity index (χ1v) is 7.56. The highest BCUT2D eigenvalue weighted by Crippen LogP contribution is 2.39. The van der Waals surface area contributed by atoms with Crippen LogP contribution in [-0.4, -0.2) is 18.7 Å². The molecule has 0 unspecified atom stereocenters. The number of allylic oxidation sites excluding steroid dienone is 2. The maximum Gasteiger partial charge on any atom is 0.181 e. The molecule has 0 heterocycles. The maximum absolute atomic E-state index is 12.9. The fraction of sp³-hybridized carbons (Fsp3) is 0.158. The largest absolute Gasteiger partial charge is 0.497 e. The smallest absolute Gasteiger partial charge is 0.181 e. The lowest BCUT2D eigenvalue weighted by Gasteiger charge is -2.22. The molecule has 0 amide bonds. The molecule has 0 fully saturated rings. The second-order valence-electron chi connectivity index (χ2n) is 5.61. The van der Waals surface area contributed by atoms with E-state index in [1.807, 2.05) is 0 Å². The number of Topliss-reactive ketones (excluding diaryl/α,β-unsaturated/α-hetero) is 1. The van der Waals surface area contributed by atoms with Gasteiger partial charge in [-0.15, -0.1) is 0 Å². The van der Waals surface area contributed by atoms with Gasteiger partial charge in [0.2, 0.25) is 0 Å². The van der Waals surface area contributed by atoms with Crippen LogP contribution in [0.4, 0.5) is 0 Å². The lowest BCUT2D eigenvalue weighted by Crippen LogP contribution is -2.35. The molecule has 2 aromatic rings. The van der Waals surface area contributed by atoms with E-state index in [0.717, 1.165) is 0 Å². The molecule has 23 heavy (non-hydrogen) atoms. The summed E-state index contributed by atoms with van der Waals surface area (Å²) in [5.41, 5.74) is 0.591. The van der Waals surface area contributed by atoms with Gasteiger partial charge in [-0.05, 0) is 48.4 Å². The van der Waals surface area contributed by atoms with E-state index in [-0.39, 0.29) is 11.6 Å². The van der Waals surface area contributed by atoms with Crippen molar-refractivity contribution in [2.75, 3.05) is 7.11 Å². The van der Waals surface area contributed by atoms with Crippen LogP contribution in [0.2, 0.25) is 5.02 Å². The monoisotopic (exact) mass is 326 g/mol. The number of halogens is 1. The number of hydrogen-bond acceptors (Lipinski definition) is 3. The second kappa shape index (κ2) is 5.67. The van der Waals surface area contributed by atoms with Crippen LogP contribution >= 0.6 is 11.6 Å². The Kier molecular flexibility index (Phi) is 3.82. The molecule has 0 spiro atoms. The molecule has 2 aromatic carbocycles. The summed E-state index contributed by atoms with van der Waals surface area (Å²) < 4.78 is 5.12. The molecule has 1 aliphatic rings. The molecule has 0 N–H and O–H groups in total. The molecule has 1 aliphatic carbocycles. The summed E-state index contributed by atoms with van der Waals surface area (Å²) in [7, 11) is 1.58. The molecule has 3 rings (SSSR count). The average molecular weight is 327 g/mol. The Balaban J connectivity index is 2.00. The quantitative estimate of drug-likeness (QED) is 0.805. The molecule has 116 valence electrons. The van der Waals surface area contributed by atoms with E-state index in [2.05, 4.69) is 0 Å². The Labute approximate surface area is 139 Å². The number of carbonyl (C=O) groups excluding carboxylic acids is 2. The molecule has 0 radical (unpaired) electrons. The molecular formula is C19H15ClO3. The molecular weight excluding hydrogens is 312 g/mol. The molecule has 0 bridgehead atoms. The van der Waals surface area contributed by atoms with Crippen molar-refractivity contribution in [3.63, 3.8) is 0 Å². The van der Waals surface area contributed by atoms with E-state index in [1.54, 1.807) is 62.6 Å². The number of hydrogen-bond donors (Lipinski definition) is 0. The van der Waals surface area contributed by atoms with Crippen molar-refractivity contribution >= 4 is 28.7 Å². The number of carbonyl (C=O) groups is 2. The van der Waals surface area contributed by atoms with E-state index >= 15 is 0 Å². The number of ether oxygens (including phenoxy) is 1. The summed E-state index contributed by atoms with van der Waals surface area (Å²) in [6, 6.07) is 13.9. The summed E-state index contributed by atoms with van der Waals surface area (Å²) in [4.78, 5) is 25.5. The van der Waals surface area contributed by atoms with E-state index in [4.69, 9.17) is 16.3 Å². The molecule has 1 atom stereocenters. The van der Waals surface area contributed by atoms with Crippen molar-refractivity contribution in [3.8, 4) is 5.75 Å². The van der Waals surface area contributed by atoms with Gasteiger partial charge in [0.25, 0.3) is 0 Å². The Hall–Kier alpha value is -2.39. The van der Waals surface area contributed by atoms with Gasteiger partial charge < -0.3 is 4.74 Å². The van der Waals surface area contributed by atoms with Gasteiger partial charge in [0.1, 0.15) is 11.2 Å². The van der Waals surface area contributed by atoms with Gasteiger partial charge in [-0.3, -0.25) is 9.59 Å². The second-order valence-corrected chi connectivity index (χ2v) is 6.05. The third-order valence-corrected chi connectivity index (χ3v) is 4.54. The standard InChI is InChI=1S/C19H15ClO3/c1-19(13-5-7-14(20)8-6-13)17(21)11-16(18(19)22)12-3-9-15(23-2)10-4-12/h3-11H,1-2H3/t19-/m0/s1. The van der Waals surface area contributed by atoms with Crippen molar-refractivity contribution in [2.45, 2.75) is 12.3 Å². The van der Waals surface area contributed by atoms with Crippen molar-refractivity contribution in [1.29, 1.82) is 0 Å². The number of ketones is 2. The molecule has 4 heteroatoms. The third kappa shape index (κ3) is 2.47. The van der Waals surface area contributed by atoms with Crippen LogP contribution in [0.5, 0.6) is 5.75 Å². The predicted molar refractivity (Wildman–Crippen MR) is 89.8 cm³/mol. The minimum Gasteiger partial charge on any atom is -0.497 e. The van der Waals surface area contributed by atoms with Gasteiger partial charge in [0, 0.05) is 10.6 Å². The minimum atomic E-state index is -1.19. The number of rotatable bonds is 3. The first kappa shape index (κ1) is 15.5. The van der Waals surface area contributed by atoms with Crippen molar-refractivity contribution in [1.82, 2.24) is 0 Å². The minimum absolute atomic E-state index is 0.199. The van der Waals surface area contributed by atoms with Crippen molar-refractivity contribution in [2.24, 2.45) is 0 Å². The van der Waals surface area contributed by atoms with Crippen molar-refractivity contribution in [3.05, 3.63) is 70.8 Å². The molecule has 3 nitrogen and oxygen atoms in total. The molecule has 0 saturated carbocycles. The Bertz CT molecular complexity index is 804. The van der Waals surface area contributed by atoms with Crippen LogP contribution in [0.25, 0.3) is 5.57 Å². The Morgan fingerprint density at radius 2 is 1.57 bits per heavy atom. The van der Waals surface area contributed by atoms with Crippen LogP contribution in [0, 0.1) is 0 Å². The summed E-state index contributed by atoms with van der Waals surface area (Å²) >= 11 is 5.89. The van der Waals surface area contributed by atoms with E-state index in [9.17, 15) is 9.59 Å². The van der Waals surface area contributed by atoms with Gasteiger partial charge in [-0.1, -0.05) is 35.9 Å². The number of benzene rings is 2. The topological polar surface area (TPSA) is 43.4 Å². The highest BCUT2D eigenvalue weighted by Gasteiger charge is 2.47. The van der Waals surface area contributed by atoms with Gasteiger partial charge in [0.05, 0.1) is 7.11 Å². The van der Waals surface area contributed by atoms with Crippen LogP contribution in [-0.2, 0) is 15.0 Å². The first-order valence-electron chi connectivity index (χ1n) is 7.18. The maximum atomic E-state index is 12.9. The molecule has 0 saturated heterocycles.